The second-order valence-corrected chi connectivity index (χ2v) is 10.5. The van der Waals surface area contributed by atoms with Crippen LogP contribution in [0.15, 0.2) is 45.7 Å². The van der Waals surface area contributed by atoms with E-state index >= 15 is 0 Å². The van der Waals surface area contributed by atoms with E-state index in [1.165, 1.54) is 0 Å². The SMILES string of the molecule is CCC(COCCC1CCN(C(=O)OC(C)(C)C)CC1)N1CN=C2C=C(O)C=C3N=CC=CC321. The highest BCUT2D eigenvalue weighted by atomic mass is 16.6. The van der Waals surface area contributed by atoms with Crippen LogP contribution in [0.25, 0.3) is 0 Å². The van der Waals surface area contributed by atoms with Crippen LogP contribution >= 0.6 is 0 Å². The van der Waals surface area contributed by atoms with E-state index in [4.69, 9.17) is 14.5 Å². The van der Waals surface area contributed by atoms with Gasteiger partial charge in [-0.1, -0.05) is 13.0 Å². The van der Waals surface area contributed by atoms with Crippen LogP contribution in [-0.4, -0.2) is 83.1 Å². The molecular weight excluding hydrogens is 432 g/mol. The third-order valence-electron chi connectivity index (χ3n) is 6.99. The molecule has 186 valence electrons. The average Bonchev–Trinajstić information content (AvgIpc) is 3.14. The minimum atomic E-state index is -0.514. The van der Waals surface area contributed by atoms with Crippen LogP contribution in [0.4, 0.5) is 4.79 Å². The lowest BCUT2D eigenvalue weighted by Crippen LogP contribution is -2.56. The zero-order valence-corrected chi connectivity index (χ0v) is 20.9. The molecule has 0 aromatic carbocycles. The fourth-order valence-electron chi connectivity index (χ4n) is 5.14. The first-order chi connectivity index (χ1) is 16.2. The predicted molar refractivity (Wildman–Crippen MR) is 133 cm³/mol. The topological polar surface area (TPSA) is 87.0 Å². The van der Waals surface area contributed by atoms with Crippen molar-refractivity contribution in [2.45, 2.75) is 70.6 Å². The molecule has 1 saturated heterocycles. The van der Waals surface area contributed by atoms with E-state index < -0.39 is 11.1 Å². The van der Waals surface area contributed by atoms with E-state index in [9.17, 15) is 9.90 Å². The molecule has 3 heterocycles. The monoisotopic (exact) mass is 470 g/mol. The van der Waals surface area contributed by atoms with Gasteiger partial charge in [0.15, 0.2) is 0 Å². The normalized spacial score (nSPS) is 25.9. The van der Waals surface area contributed by atoms with Crippen molar-refractivity contribution in [1.82, 2.24) is 9.80 Å². The van der Waals surface area contributed by atoms with Crippen molar-refractivity contribution in [3.63, 3.8) is 0 Å². The lowest BCUT2D eigenvalue weighted by atomic mass is 9.82. The van der Waals surface area contributed by atoms with E-state index in [1.807, 2.05) is 31.7 Å². The Labute approximate surface area is 202 Å². The quantitative estimate of drug-likeness (QED) is 0.562. The molecule has 2 unspecified atom stereocenters. The van der Waals surface area contributed by atoms with E-state index in [1.54, 1.807) is 18.4 Å². The smallest absolute Gasteiger partial charge is 0.410 e. The van der Waals surface area contributed by atoms with Gasteiger partial charge in [-0.2, -0.15) is 0 Å². The summed E-state index contributed by atoms with van der Waals surface area (Å²) >= 11 is 0. The summed E-state index contributed by atoms with van der Waals surface area (Å²) < 4.78 is 11.7. The van der Waals surface area contributed by atoms with Gasteiger partial charge in [-0.15, -0.1) is 0 Å². The number of carbonyl (C=O) groups is 1. The fraction of sp³-hybridized carbons (Fsp3) is 0.654. The molecule has 3 aliphatic heterocycles. The zero-order valence-electron chi connectivity index (χ0n) is 20.9. The molecule has 0 radical (unpaired) electrons. The van der Waals surface area contributed by atoms with Crippen LogP contribution in [0.2, 0.25) is 0 Å². The van der Waals surface area contributed by atoms with E-state index in [-0.39, 0.29) is 17.9 Å². The molecular formula is C26H38N4O4. The third kappa shape index (κ3) is 5.13. The van der Waals surface area contributed by atoms with Crippen LogP contribution in [0.1, 0.15) is 53.4 Å². The molecule has 34 heavy (non-hydrogen) atoms. The number of ether oxygens (including phenoxy) is 2. The number of aliphatic imine (C=N–C) groups is 2. The summed E-state index contributed by atoms with van der Waals surface area (Å²) in [5.74, 6) is 0.761. The van der Waals surface area contributed by atoms with Crippen molar-refractivity contribution < 1.29 is 19.4 Å². The van der Waals surface area contributed by atoms with Crippen LogP contribution < -0.4 is 0 Å². The number of hydrogen-bond donors (Lipinski definition) is 1. The molecule has 2 atom stereocenters. The van der Waals surface area contributed by atoms with Gasteiger partial charge in [-0.3, -0.25) is 14.9 Å². The van der Waals surface area contributed by atoms with E-state index in [0.29, 0.717) is 25.8 Å². The number of rotatable bonds is 7. The number of nitrogens with zero attached hydrogens (tertiary/aromatic N) is 4. The lowest BCUT2D eigenvalue weighted by molar-refractivity contribution is 0.0143. The van der Waals surface area contributed by atoms with E-state index in [2.05, 4.69) is 22.9 Å². The Hall–Kier alpha value is -2.45. The first-order valence-electron chi connectivity index (χ1n) is 12.4. The predicted octanol–water partition coefficient (Wildman–Crippen LogP) is 4.25. The molecule has 1 amide bonds. The first-order valence-corrected chi connectivity index (χ1v) is 12.4. The molecule has 8 heteroatoms. The standard InChI is InChI=1S/C26H38N4O4/c1-5-20(30-18-28-23-16-21(31)15-22-26(23,30)10-6-11-27-22)17-33-14-9-19-7-12-29(13-8-19)24(32)34-25(2,3)4/h6,10-11,15-16,19-20,31H,5,7-9,12-14,17-18H2,1-4H3. The van der Waals surface area contributed by atoms with Gasteiger partial charge >= 0.3 is 6.09 Å². The van der Waals surface area contributed by atoms with Crippen LogP contribution in [-0.2, 0) is 9.47 Å². The second kappa shape index (κ2) is 10.0. The number of carbonyl (C=O) groups excluding carboxylic acids is 1. The summed E-state index contributed by atoms with van der Waals surface area (Å²) in [6.07, 6.45) is 13.0. The summed E-state index contributed by atoms with van der Waals surface area (Å²) in [5.41, 5.74) is 0.676. The number of dihydropyridines is 1. The maximum Gasteiger partial charge on any atom is 0.410 e. The van der Waals surface area contributed by atoms with Crippen molar-refractivity contribution >= 4 is 18.0 Å². The Morgan fingerprint density at radius 2 is 2.06 bits per heavy atom. The summed E-state index contributed by atoms with van der Waals surface area (Å²) in [5, 5.41) is 10.1. The highest BCUT2D eigenvalue weighted by molar-refractivity contribution is 6.10. The molecule has 4 rings (SSSR count). The summed E-state index contributed by atoms with van der Waals surface area (Å²) in [4.78, 5) is 25.7. The number of allylic oxidation sites excluding steroid dienone is 2. The highest BCUT2D eigenvalue weighted by Crippen LogP contribution is 2.40. The molecule has 1 aliphatic carbocycles. The Morgan fingerprint density at radius 1 is 1.29 bits per heavy atom. The van der Waals surface area contributed by atoms with Gasteiger partial charge < -0.3 is 19.5 Å². The Morgan fingerprint density at radius 3 is 2.76 bits per heavy atom. The molecule has 0 aromatic rings. The van der Waals surface area contributed by atoms with Gasteiger partial charge in [-0.05, 0) is 58.4 Å². The van der Waals surface area contributed by atoms with Crippen LogP contribution in [0.3, 0.4) is 0 Å². The first kappa shape index (κ1) is 24.7. The number of hydrogen-bond acceptors (Lipinski definition) is 7. The minimum absolute atomic E-state index is 0.185. The third-order valence-corrected chi connectivity index (χ3v) is 6.99. The molecule has 1 spiro atoms. The summed E-state index contributed by atoms with van der Waals surface area (Å²) in [6.45, 7) is 11.3. The fourth-order valence-corrected chi connectivity index (χ4v) is 5.14. The number of likely N-dealkylation sites (tertiary alicyclic amines) is 1. The zero-order chi connectivity index (χ0) is 24.3. The lowest BCUT2D eigenvalue weighted by Gasteiger charge is -2.43. The number of piperidine rings is 1. The van der Waals surface area contributed by atoms with Crippen molar-refractivity contribution in [3.8, 4) is 0 Å². The average molecular weight is 471 g/mol. The van der Waals surface area contributed by atoms with Gasteiger partial charge in [0.25, 0.3) is 0 Å². The summed E-state index contributed by atoms with van der Waals surface area (Å²) in [6, 6.07) is 0.185. The van der Waals surface area contributed by atoms with Crippen molar-refractivity contribution in [1.29, 1.82) is 0 Å². The maximum atomic E-state index is 12.3. The van der Waals surface area contributed by atoms with Crippen LogP contribution in [0, 0.1) is 5.92 Å². The Balaban J connectivity index is 1.25. The molecule has 0 bridgehead atoms. The minimum Gasteiger partial charge on any atom is -0.508 e. The van der Waals surface area contributed by atoms with Crippen LogP contribution in [0.5, 0.6) is 0 Å². The van der Waals surface area contributed by atoms with Crippen molar-refractivity contribution in [2.24, 2.45) is 15.9 Å². The molecule has 4 aliphatic rings. The Bertz CT molecular complexity index is 922. The molecule has 8 nitrogen and oxygen atoms in total. The number of aliphatic hydroxyl groups is 1. The Kier molecular flexibility index (Phi) is 7.28. The van der Waals surface area contributed by atoms with E-state index in [0.717, 1.165) is 50.2 Å². The van der Waals surface area contributed by atoms with Gasteiger partial charge in [0.2, 0.25) is 0 Å². The molecule has 1 N–H and O–H groups in total. The molecule has 0 aromatic heterocycles. The van der Waals surface area contributed by atoms with Crippen molar-refractivity contribution in [3.05, 3.63) is 35.8 Å². The van der Waals surface area contributed by atoms with Crippen molar-refractivity contribution in [2.75, 3.05) is 33.0 Å². The maximum absolute atomic E-state index is 12.3. The van der Waals surface area contributed by atoms with Gasteiger partial charge in [0, 0.05) is 44.1 Å². The van der Waals surface area contributed by atoms with Gasteiger partial charge in [0.1, 0.15) is 16.9 Å². The van der Waals surface area contributed by atoms with Gasteiger partial charge in [-0.25, -0.2) is 4.79 Å². The molecule has 1 fully saturated rings. The second-order valence-electron chi connectivity index (χ2n) is 10.5. The number of aliphatic hydroxyl groups excluding tert-OH is 1. The summed E-state index contributed by atoms with van der Waals surface area (Å²) in [7, 11) is 0. The number of amides is 1. The highest BCUT2D eigenvalue weighted by Gasteiger charge is 2.50. The largest absolute Gasteiger partial charge is 0.508 e. The van der Waals surface area contributed by atoms with Gasteiger partial charge in [0.05, 0.1) is 24.7 Å². The molecule has 0 saturated carbocycles.